The number of pyridine rings is 1. The molecular weight excluding hydrogens is 322 g/mol. The van der Waals surface area contributed by atoms with Crippen molar-refractivity contribution < 1.29 is 8.42 Å². The van der Waals surface area contributed by atoms with Crippen molar-refractivity contribution in [3.63, 3.8) is 0 Å². The number of rotatable bonds is 3. The normalized spacial score (nSPS) is 22.2. The van der Waals surface area contributed by atoms with Gasteiger partial charge in [0.2, 0.25) is 10.0 Å². The molecule has 3 rings (SSSR count). The molecule has 0 bridgehead atoms. The summed E-state index contributed by atoms with van der Waals surface area (Å²) in [5, 5.41) is 4.13. The van der Waals surface area contributed by atoms with Crippen LogP contribution in [0.15, 0.2) is 41.4 Å². The van der Waals surface area contributed by atoms with Gasteiger partial charge in [-0.05, 0) is 38.4 Å². The van der Waals surface area contributed by atoms with E-state index < -0.39 is 10.0 Å². The lowest BCUT2D eigenvalue weighted by molar-refractivity contribution is 0.349. The number of sulfonamides is 1. The van der Waals surface area contributed by atoms with Crippen molar-refractivity contribution in [2.45, 2.75) is 36.7 Å². The molecule has 2 atom stereocenters. The van der Waals surface area contributed by atoms with E-state index in [-0.39, 0.29) is 29.4 Å². The summed E-state index contributed by atoms with van der Waals surface area (Å²) in [6, 6.07) is 8.95. The predicted molar refractivity (Wildman–Crippen MR) is 89.8 cm³/mol. The highest BCUT2D eigenvalue weighted by Gasteiger charge is 2.27. The average molecular weight is 342 g/mol. The van der Waals surface area contributed by atoms with Crippen LogP contribution in [0.2, 0.25) is 0 Å². The highest BCUT2D eigenvalue weighted by Crippen LogP contribution is 2.21. The van der Waals surface area contributed by atoms with Crippen molar-refractivity contribution in [2.24, 2.45) is 0 Å². The highest BCUT2D eigenvalue weighted by atomic mass is 35.5. The van der Waals surface area contributed by atoms with Crippen LogP contribution in [0.25, 0.3) is 10.9 Å². The van der Waals surface area contributed by atoms with Gasteiger partial charge in [-0.2, -0.15) is 0 Å². The molecule has 1 aliphatic rings. The first kappa shape index (κ1) is 17.1. The van der Waals surface area contributed by atoms with Crippen LogP contribution in [-0.4, -0.2) is 32.0 Å². The van der Waals surface area contributed by atoms with E-state index in [9.17, 15) is 8.42 Å². The first-order valence-corrected chi connectivity index (χ1v) is 8.66. The molecule has 7 heteroatoms. The van der Waals surface area contributed by atoms with Crippen LogP contribution in [0, 0.1) is 0 Å². The summed E-state index contributed by atoms with van der Waals surface area (Å²) >= 11 is 0. The number of nitrogens with zero attached hydrogens (tertiary/aromatic N) is 1. The molecular formula is C15H20ClN3O2S. The Hall–Kier alpha value is -1.21. The van der Waals surface area contributed by atoms with Gasteiger partial charge >= 0.3 is 0 Å². The molecule has 1 saturated heterocycles. The van der Waals surface area contributed by atoms with Gasteiger partial charge in [0.05, 0.1) is 5.52 Å². The third-order valence-corrected chi connectivity index (χ3v) is 5.48. The summed E-state index contributed by atoms with van der Waals surface area (Å²) < 4.78 is 28.2. The Bertz CT molecular complexity index is 746. The fourth-order valence-electron chi connectivity index (χ4n) is 2.76. The van der Waals surface area contributed by atoms with Crippen LogP contribution < -0.4 is 10.0 Å². The summed E-state index contributed by atoms with van der Waals surface area (Å²) in [5.74, 6) is 0. The van der Waals surface area contributed by atoms with Crippen molar-refractivity contribution in [1.82, 2.24) is 15.0 Å². The largest absolute Gasteiger partial charge is 0.313 e. The van der Waals surface area contributed by atoms with Gasteiger partial charge in [-0.1, -0.05) is 18.2 Å². The number of aromatic nitrogens is 1. The highest BCUT2D eigenvalue weighted by molar-refractivity contribution is 7.89. The van der Waals surface area contributed by atoms with Gasteiger partial charge in [-0.15, -0.1) is 12.4 Å². The number of halogens is 1. The molecule has 0 radical (unpaired) electrons. The molecule has 0 aliphatic carbocycles. The zero-order valence-electron chi connectivity index (χ0n) is 12.3. The Morgan fingerprint density at radius 1 is 1.27 bits per heavy atom. The van der Waals surface area contributed by atoms with Crippen LogP contribution in [0.4, 0.5) is 0 Å². The predicted octanol–water partition coefficient (Wildman–Crippen LogP) is 2.08. The molecule has 0 amide bonds. The minimum absolute atomic E-state index is 0. The quantitative estimate of drug-likeness (QED) is 0.896. The minimum atomic E-state index is -3.57. The number of hydrogen-bond acceptors (Lipinski definition) is 4. The number of hydrogen-bond donors (Lipinski definition) is 2. The fourth-order valence-corrected chi connectivity index (χ4v) is 4.29. The Kier molecular flexibility index (Phi) is 5.39. The Balaban J connectivity index is 0.00000176. The van der Waals surface area contributed by atoms with Crippen molar-refractivity contribution in [2.75, 3.05) is 6.54 Å². The van der Waals surface area contributed by atoms with E-state index in [0.29, 0.717) is 5.52 Å². The lowest BCUT2D eigenvalue weighted by Gasteiger charge is -2.30. The molecule has 1 aliphatic heterocycles. The van der Waals surface area contributed by atoms with E-state index in [4.69, 9.17) is 0 Å². The average Bonchev–Trinajstić information content (AvgIpc) is 2.49. The smallest absolute Gasteiger partial charge is 0.243 e. The second kappa shape index (κ2) is 6.91. The number of benzene rings is 1. The molecule has 1 aromatic carbocycles. The molecule has 120 valence electrons. The zero-order valence-corrected chi connectivity index (χ0v) is 14.0. The van der Waals surface area contributed by atoms with E-state index in [2.05, 4.69) is 15.0 Å². The third kappa shape index (κ3) is 3.41. The maximum Gasteiger partial charge on any atom is 0.243 e. The third-order valence-electron chi connectivity index (χ3n) is 3.95. The number of nitrogens with one attached hydrogen (secondary N) is 2. The second-order valence-corrected chi connectivity index (χ2v) is 7.13. The van der Waals surface area contributed by atoms with Gasteiger partial charge in [0.25, 0.3) is 0 Å². The maximum absolute atomic E-state index is 12.7. The van der Waals surface area contributed by atoms with Crippen LogP contribution in [0.1, 0.15) is 19.8 Å². The summed E-state index contributed by atoms with van der Waals surface area (Å²) in [6.45, 7) is 2.95. The molecule has 1 aromatic heterocycles. The Morgan fingerprint density at radius 2 is 2.05 bits per heavy atom. The lowest BCUT2D eigenvalue weighted by Crippen LogP contribution is -2.51. The topological polar surface area (TPSA) is 71.1 Å². The summed E-state index contributed by atoms with van der Waals surface area (Å²) in [7, 11) is -3.57. The van der Waals surface area contributed by atoms with Crippen LogP contribution in [0.5, 0.6) is 0 Å². The number of para-hydroxylation sites is 1. The van der Waals surface area contributed by atoms with Crippen LogP contribution in [-0.2, 0) is 10.0 Å². The van der Waals surface area contributed by atoms with Crippen molar-refractivity contribution in [3.05, 3.63) is 36.5 Å². The summed E-state index contributed by atoms with van der Waals surface area (Å²) in [5.41, 5.74) is 0.518. The molecule has 2 aromatic rings. The zero-order chi connectivity index (χ0) is 14.9. The van der Waals surface area contributed by atoms with Gasteiger partial charge < -0.3 is 5.32 Å². The molecule has 22 heavy (non-hydrogen) atoms. The van der Waals surface area contributed by atoms with E-state index >= 15 is 0 Å². The van der Waals surface area contributed by atoms with E-state index in [1.807, 2.05) is 19.1 Å². The molecule has 1 fully saturated rings. The Labute approximate surface area is 137 Å². The maximum atomic E-state index is 12.7. The van der Waals surface area contributed by atoms with Gasteiger partial charge in [-0.25, -0.2) is 13.1 Å². The minimum Gasteiger partial charge on any atom is -0.313 e. The van der Waals surface area contributed by atoms with E-state index in [1.54, 1.807) is 24.4 Å². The first-order chi connectivity index (χ1) is 10.1. The Morgan fingerprint density at radius 3 is 2.82 bits per heavy atom. The standard InChI is InChI=1S/C15H19N3O2S.ClH/c1-11-13(7-4-9-16-11)18-21(19,20)14-8-2-5-12-6-3-10-17-15(12)14;/h2-3,5-6,8,10-11,13,16,18H,4,7,9H2,1H3;1H. The van der Waals surface area contributed by atoms with Crippen molar-refractivity contribution in [1.29, 1.82) is 0 Å². The summed E-state index contributed by atoms with van der Waals surface area (Å²) in [4.78, 5) is 4.47. The second-order valence-electron chi connectivity index (χ2n) is 5.44. The SMILES string of the molecule is CC1NCCCC1NS(=O)(=O)c1cccc2cccnc12.Cl. The molecule has 2 N–H and O–H groups in total. The van der Waals surface area contributed by atoms with Crippen LogP contribution in [0.3, 0.4) is 0 Å². The molecule has 2 heterocycles. The van der Waals surface area contributed by atoms with Gasteiger partial charge in [0.1, 0.15) is 4.90 Å². The fraction of sp³-hybridized carbons (Fsp3) is 0.400. The van der Waals surface area contributed by atoms with Gasteiger partial charge in [-0.3, -0.25) is 4.98 Å². The number of piperidine rings is 1. The first-order valence-electron chi connectivity index (χ1n) is 7.17. The van der Waals surface area contributed by atoms with Gasteiger partial charge in [0, 0.05) is 23.7 Å². The molecule has 5 nitrogen and oxygen atoms in total. The monoisotopic (exact) mass is 341 g/mol. The number of fused-ring (bicyclic) bond motifs is 1. The molecule has 0 saturated carbocycles. The summed E-state index contributed by atoms with van der Waals surface area (Å²) in [6.07, 6.45) is 3.45. The van der Waals surface area contributed by atoms with Gasteiger partial charge in [0.15, 0.2) is 0 Å². The molecule has 0 spiro atoms. The molecule has 2 unspecified atom stereocenters. The van der Waals surface area contributed by atoms with E-state index in [1.165, 1.54) is 0 Å². The van der Waals surface area contributed by atoms with E-state index in [0.717, 1.165) is 24.8 Å². The van der Waals surface area contributed by atoms with Crippen molar-refractivity contribution in [3.8, 4) is 0 Å². The van der Waals surface area contributed by atoms with Crippen molar-refractivity contribution >= 4 is 33.3 Å². The lowest BCUT2D eigenvalue weighted by atomic mass is 10.0. The van der Waals surface area contributed by atoms with Crippen LogP contribution >= 0.6 is 12.4 Å².